The van der Waals surface area contributed by atoms with Crippen molar-refractivity contribution in [1.82, 2.24) is 9.29 Å². The lowest BCUT2D eigenvalue weighted by molar-refractivity contribution is -0.120. The first-order valence-corrected chi connectivity index (χ1v) is 11.3. The van der Waals surface area contributed by atoms with Crippen molar-refractivity contribution in [2.45, 2.75) is 17.7 Å². The predicted molar refractivity (Wildman–Crippen MR) is 106 cm³/mol. The van der Waals surface area contributed by atoms with Crippen LogP contribution in [0.1, 0.15) is 12.8 Å². The van der Waals surface area contributed by atoms with E-state index in [-0.39, 0.29) is 31.8 Å². The highest BCUT2D eigenvalue weighted by Gasteiger charge is 2.33. The van der Waals surface area contributed by atoms with Gasteiger partial charge in [-0.3, -0.25) is 4.79 Å². The first kappa shape index (κ1) is 20.8. The molecule has 0 atom stereocenters. The number of nitrogens with zero attached hydrogens (tertiary/aromatic N) is 2. The van der Waals surface area contributed by atoms with Crippen molar-refractivity contribution < 1.29 is 26.4 Å². The lowest BCUT2D eigenvalue weighted by Crippen LogP contribution is -2.41. The van der Waals surface area contributed by atoms with Crippen LogP contribution in [-0.4, -0.2) is 36.7 Å². The minimum absolute atomic E-state index is 0.0301. The van der Waals surface area contributed by atoms with Crippen molar-refractivity contribution in [3.8, 4) is 0 Å². The van der Waals surface area contributed by atoms with E-state index >= 15 is 0 Å². The summed E-state index contributed by atoms with van der Waals surface area (Å²) < 4.78 is 67.3. The van der Waals surface area contributed by atoms with Gasteiger partial charge < -0.3 is 5.32 Å². The topological polar surface area (TPSA) is 79.4 Å². The van der Waals surface area contributed by atoms with Crippen LogP contribution in [-0.2, 0) is 14.8 Å². The number of aromatic nitrogens is 1. The molecule has 2 heterocycles. The highest BCUT2D eigenvalue weighted by Crippen LogP contribution is 2.29. The molecule has 1 aliphatic heterocycles. The summed E-state index contributed by atoms with van der Waals surface area (Å²) in [7, 11) is -4.12. The molecule has 0 aliphatic carbocycles. The fourth-order valence-electron chi connectivity index (χ4n) is 3.34. The summed E-state index contributed by atoms with van der Waals surface area (Å²) in [5.74, 6) is -3.16. The molecular formula is C19H16F3N3O3S2. The smallest absolute Gasteiger partial charge is 0.245 e. The third kappa shape index (κ3) is 4.05. The zero-order chi connectivity index (χ0) is 21.5. The molecule has 1 N–H and O–H groups in total. The molecule has 30 heavy (non-hydrogen) atoms. The van der Waals surface area contributed by atoms with Crippen molar-refractivity contribution in [2.75, 3.05) is 18.4 Å². The average molecular weight is 455 g/mol. The van der Waals surface area contributed by atoms with Gasteiger partial charge in [-0.25, -0.2) is 26.6 Å². The summed E-state index contributed by atoms with van der Waals surface area (Å²) in [6.45, 7) is 0.0601. The van der Waals surface area contributed by atoms with Gasteiger partial charge in [0.15, 0.2) is 5.13 Å². The number of carbonyl (C=O) groups is 1. The largest absolute Gasteiger partial charge is 0.302 e. The third-order valence-electron chi connectivity index (χ3n) is 4.92. The number of hydrogen-bond donors (Lipinski definition) is 1. The van der Waals surface area contributed by atoms with Gasteiger partial charge in [-0.2, -0.15) is 4.31 Å². The Kier molecular flexibility index (Phi) is 5.51. The molecule has 0 saturated carbocycles. The molecular weight excluding hydrogens is 439 g/mol. The summed E-state index contributed by atoms with van der Waals surface area (Å²) in [5.41, 5.74) is 0.568. The SMILES string of the molecule is O=C(Nc1nc2ccc(F)cc2s1)C1CCN(S(=O)(=O)c2ccc(F)cc2F)CC1. The standard InChI is InChI=1S/C19H16F3N3O3S2/c20-12-2-4-17(14(22)9-12)30(27,28)25-7-5-11(6-8-25)18(26)24-19-23-15-3-1-13(21)10-16(15)29-19/h1-4,9-11H,5-8H2,(H,23,24,26). The maximum absolute atomic E-state index is 13.9. The van der Waals surface area contributed by atoms with E-state index in [2.05, 4.69) is 10.3 Å². The van der Waals surface area contributed by atoms with Gasteiger partial charge in [-0.15, -0.1) is 0 Å². The van der Waals surface area contributed by atoms with Crippen LogP contribution in [0.4, 0.5) is 18.3 Å². The van der Waals surface area contributed by atoms with Gasteiger partial charge in [0.1, 0.15) is 22.3 Å². The minimum atomic E-state index is -4.12. The summed E-state index contributed by atoms with van der Waals surface area (Å²) in [6.07, 6.45) is 0.487. The van der Waals surface area contributed by atoms with Crippen LogP contribution >= 0.6 is 11.3 Å². The highest BCUT2D eigenvalue weighted by atomic mass is 32.2. The zero-order valence-electron chi connectivity index (χ0n) is 15.4. The number of amides is 1. The Morgan fingerprint density at radius 1 is 1.07 bits per heavy atom. The van der Waals surface area contributed by atoms with Gasteiger partial charge in [-0.1, -0.05) is 11.3 Å². The number of benzene rings is 2. The number of nitrogens with one attached hydrogen (secondary N) is 1. The maximum atomic E-state index is 13.9. The number of anilines is 1. The number of halogens is 3. The molecule has 1 aromatic heterocycles. The second-order valence-electron chi connectivity index (χ2n) is 6.87. The molecule has 3 aromatic rings. The van der Waals surface area contributed by atoms with Crippen molar-refractivity contribution in [2.24, 2.45) is 5.92 Å². The van der Waals surface area contributed by atoms with Gasteiger partial charge in [0.05, 0.1) is 10.2 Å². The Morgan fingerprint density at radius 3 is 2.43 bits per heavy atom. The fourth-order valence-corrected chi connectivity index (χ4v) is 5.75. The normalized spacial score (nSPS) is 16.1. The molecule has 1 aliphatic rings. The Labute approximate surface area is 174 Å². The van der Waals surface area contributed by atoms with Gasteiger partial charge >= 0.3 is 0 Å². The molecule has 11 heteroatoms. The van der Waals surface area contributed by atoms with Gasteiger partial charge in [0, 0.05) is 25.1 Å². The molecule has 0 unspecified atom stereocenters. The number of hydrogen-bond acceptors (Lipinski definition) is 5. The van der Waals surface area contributed by atoms with Gasteiger partial charge in [0.2, 0.25) is 15.9 Å². The number of rotatable bonds is 4. The quantitative estimate of drug-likeness (QED) is 0.650. The van der Waals surface area contributed by atoms with Crippen molar-refractivity contribution in [3.63, 3.8) is 0 Å². The van der Waals surface area contributed by atoms with E-state index in [1.807, 2.05) is 0 Å². The number of carbonyl (C=O) groups excluding carboxylic acids is 1. The molecule has 0 spiro atoms. The fraction of sp³-hybridized carbons (Fsp3) is 0.263. The van der Waals surface area contributed by atoms with Crippen LogP contribution in [0.15, 0.2) is 41.3 Å². The molecule has 6 nitrogen and oxygen atoms in total. The van der Waals surface area contributed by atoms with Crippen LogP contribution < -0.4 is 5.32 Å². The molecule has 0 radical (unpaired) electrons. The van der Waals surface area contributed by atoms with E-state index in [9.17, 15) is 26.4 Å². The molecule has 2 aromatic carbocycles. The Hall–Kier alpha value is -2.50. The van der Waals surface area contributed by atoms with E-state index in [1.165, 1.54) is 18.2 Å². The second kappa shape index (κ2) is 7.97. The van der Waals surface area contributed by atoms with Crippen molar-refractivity contribution in [1.29, 1.82) is 0 Å². The van der Waals surface area contributed by atoms with Crippen LogP contribution in [0.3, 0.4) is 0 Å². The summed E-state index contributed by atoms with van der Waals surface area (Å²) in [4.78, 5) is 16.2. The number of fused-ring (bicyclic) bond motifs is 1. The van der Waals surface area contributed by atoms with Crippen LogP contribution in [0.5, 0.6) is 0 Å². The van der Waals surface area contributed by atoms with E-state index in [4.69, 9.17) is 0 Å². The predicted octanol–water partition coefficient (Wildman–Crippen LogP) is 3.75. The van der Waals surface area contributed by atoms with Crippen molar-refractivity contribution >= 4 is 42.6 Å². The number of thiazole rings is 1. The third-order valence-corrected chi connectivity index (χ3v) is 7.78. The first-order chi connectivity index (χ1) is 14.2. The van der Waals surface area contributed by atoms with E-state index < -0.39 is 38.3 Å². The van der Waals surface area contributed by atoms with Gasteiger partial charge in [0.25, 0.3) is 0 Å². The maximum Gasteiger partial charge on any atom is 0.245 e. The van der Waals surface area contributed by atoms with Crippen molar-refractivity contribution in [3.05, 3.63) is 53.8 Å². The first-order valence-electron chi connectivity index (χ1n) is 9.06. The Balaban J connectivity index is 1.41. The molecule has 0 bridgehead atoms. The second-order valence-corrected chi connectivity index (χ2v) is 9.81. The Morgan fingerprint density at radius 2 is 1.73 bits per heavy atom. The van der Waals surface area contributed by atoms with E-state index in [0.29, 0.717) is 21.4 Å². The number of sulfonamides is 1. The monoisotopic (exact) mass is 455 g/mol. The molecule has 1 fully saturated rings. The molecule has 4 rings (SSSR count). The lowest BCUT2D eigenvalue weighted by atomic mass is 9.97. The molecule has 1 saturated heterocycles. The van der Waals surface area contributed by atoms with E-state index in [1.54, 1.807) is 0 Å². The summed E-state index contributed by atoms with van der Waals surface area (Å²) in [5, 5.41) is 3.03. The van der Waals surface area contributed by atoms with Crippen LogP contribution in [0.25, 0.3) is 10.2 Å². The Bertz CT molecular complexity index is 1220. The van der Waals surface area contributed by atoms with Gasteiger partial charge in [-0.05, 0) is 43.2 Å². The molecule has 158 valence electrons. The number of piperidine rings is 1. The van der Waals surface area contributed by atoms with Crippen LogP contribution in [0, 0.1) is 23.4 Å². The van der Waals surface area contributed by atoms with E-state index in [0.717, 1.165) is 27.8 Å². The van der Waals surface area contributed by atoms with Crippen LogP contribution in [0.2, 0.25) is 0 Å². The summed E-state index contributed by atoms with van der Waals surface area (Å²) in [6, 6.07) is 6.45. The summed E-state index contributed by atoms with van der Waals surface area (Å²) >= 11 is 1.15. The average Bonchev–Trinajstić information content (AvgIpc) is 3.09. The highest BCUT2D eigenvalue weighted by molar-refractivity contribution is 7.89. The lowest BCUT2D eigenvalue weighted by Gasteiger charge is -2.30. The zero-order valence-corrected chi connectivity index (χ0v) is 17.1. The minimum Gasteiger partial charge on any atom is -0.302 e. The molecule has 1 amide bonds.